The zero-order chi connectivity index (χ0) is 14.5. The molecule has 2 unspecified atom stereocenters. The molecule has 1 heterocycles. The quantitative estimate of drug-likeness (QED) is 0.827. The molecular formula is C15H28N2O2. The first-order valence-corrected chi connectivity index (χ1v) is 7.19. The molecule has 1 aromatic rings. The second-order valence-electron chi connectivity index (χ2n) is 6.05. The van der Waals surface area contributed by atoms with Gasteiger partial charge in [-0.05, 0) is 18.8 Å². The molecule has 1 N–H and O–H groups in total. The number of nitrogens with zero attached hydrogens (tertiary/aromatic N) is 2. The standard InChI is InChI=1S/C15H28N2O2/c1-6-9-17-10-8-16-13(17)11-12(18)14(19-7-2)15(3,4)5/h8,10,12,14,18H,6-7,9,11H2,1-5H3. The van der Waals surface area contributed by atoms with Crippen LogP contribution in [0.25, 0.3) is 0 Å². The van der Waals surface area contributed by atoms with Crippen molar-refractivity contribution in [2.24, 2.45) is 5.41 Å². The molecule has 1 rings (SSSR count). The molecular weight excluding hydrogens is 240 g/mol. The second-order valence-corrected chi connectivity index (χ2v) is 6.05. The summed E-state index contributed by atoms with van der Waals surface area (Å²) in [5.74, 6) is 0.934. The van der Waals surface area contributed by atoms with E-state index >= 15 is 0 Å². The molecule has 4 heteroatoms. The Morgan fingerprint density at radius 3 is 2.58 bits per heavy atom. The zero-order valence-electron chi connectivity index (χ0n) is 12.9. The van der Waals surface area contributed by atoms with E-state index in [4.69, 9.17) is 4.74 Å². The summed E-state index contributed by atoms with van der Waals surface area (Å²) in [7, 11) is 0. The Labute approximate surface area is 116 Å². The Morgan fingerprint density at radius 1 is 1.37 bits per heavy atom. The van der Waals surface area contributed by atoms with Crippen molar-refractivity contribution in [2.45, 2.75) is 66.2 Å². The Morgan fingerprint density at radius 2 is 2.05 bits per heavy atom. The van der Waals surface area contributed by atoms with E-state index in [-0.39, 0.29) is 11.5 Å². The van der Waals surface area contributed by atoms with Crippen LogP contribution in [-0.2, 0) is 17.7 Å². The van der Waals surface area contributed by atoms with E-state index in [1.165, 1.54) is 0 Å². The minimum atomic E-state index is -0.530. The number of ether oxygens (including phenoxy) is 1. The maximum absolute atomic E-state index is 10.5. The van der Waals surface area contributed by atoms with Gasteiger partial charge in [0, 0.05) is 32.0 Å². The number of hydrogen-bond donors (Lipinski definition) is 1. The second kappa shape index (κ2) is 7.06. The summed E-state index contributed by atoms with van der Waals surface area (Å²) >= 11 is 0. The van der Waals surface area contributed by atoms with Crippen molar-refractivity contribution in [1.29, 1.82) is 0 Å². The van der Waals surface area contributed by atoms with Gasteiger partial charge in [-0.1, -0.05) is 27.7 Å². The zero-order valence-corrected chi connectivity index (χ0v) is 12.9. The van der Waals surface area contributed by atoms with Gasteiger partial charge in [0.2, 0.25) is 0 Å². The molecule has 0 aliphatic carbocycles. The highest BCUT2D eigenvalue weighted by atomic mass is 16.5. The first-order chi connectivity index (χ1) is 8.90. The molecule has 0 radical (unpaired) electrons. The average molecular weight is 268 g/mol. The minimum absolute atomic E-state index is 0.0857. The van der Waals surface area contributed by atoms with Crippen molar-refractivity contribution in [1.82, 2.24) is 9.55 Å². The fourth-order valence-electron chi connectivity index (χ4n) is 2.39. The van der Waals surface area contributed by atoms with Gasteiger partial charge < -0.3 is 14.4 Å². The maximum atomic E-state index is 10.5. The minimum Gasteiger partial charge on any atom is -0.390 e. The van der Waals surface area contributed by atoms with E-state index in [9.17, 15) is 5.11 Å². The van der Waals surface area contributed by atoms with Gasteiger partial charge in [0.25, 0.3) is 0 Å². The molecule has 0 amide bonds. The highest BCUT2D eigenvalue weighted by molar-refractivity contribution is 4.97. The van der Waals surface area contributed by atoms with Crippen LogP contribution in [-0.4, -0.2) is 33.5 Å². The van der Waals surface area contributed by atoms with Gasteiger partial charge in [-0.2, -0.15) is 0 Å². The predicted molar refractivity (Wildman–Crippen MR) is 77.1 cm³/mol. The Bertz CT molecular complexity index is 368. The molecule has 19 heavy (non-hydrogen) atoms. The van der Waals surface area contributed by atoms with Gasteiger partial charge in [0.15, 0.2) is 0 Å². The number of hydrogen-bond acceptors (Lipinski definition) is 3. The van der Waals surface area contributed by atoms with Crippen LogP contribution in [0.2, 0.25) is 0 Å². The monoisotopic (exact) mass is 268 g/mol. The van der Waals surface area contributed by atoms with Crippen LogP contribution in [0.4, 0.5) is 0 Å². The van der Waals surface area contributed by atoms with E-state index < -0.39 is 6.10 Å². The maximum Gasteiger partial charge on any atom is 0.111 e. The molecule has 0 spiro atoms. The van der Waals surface area contributed by atoms with Crippen molar-refractivity contribution >= 4 is 0 Å². The van der Waals surface area contributed by atoms with E-state index in [1.807, 2.05) is 13.1 Å². The number of imidazole rings is 1. The van der Waals surface area contributed by atoms with Gasteiger partial charge in [-0.3, -0.25) is 0 Å². The molecule has 0 aliphatic rings. The highest BCUT2D eigenvalue weighted by Crippen LogP contribution is 2.26. The van der Waals surface area contributed by atoms with E-state index in [0.717, 1.165) is 18.8 Å². The molecule has 0 bridgehead atoms. The van der Waals surface area contributed by atoms with Crippen LogP contribution in [0, 0.1) is 5.41 Å². The number of aromatic nitrogens is 2. The van der Waals surface area contributed by atoms with Crippen LogP contribution >= 0.6 is 0 Å². The third-order valence-electron chi connectivity index (χ3n) is 3.21. The average Bonchev–Trinajstić information content (AvgIpc) is 2.72. The smallest absolute Gasteiger partial charge is 0.111 e. The molecule has 110 valence electrons. The fourth-order valence-corrected chi connectivity index (χ4v) is 2.39. The molecule has 0 saturated heterocycles. The topological polar surface area (TPSA) is 47.3 Å². The number of aliphatic hydroxyl groups is 1. The van der Waals surface area contributed by atoms with Gasteiger partial charge in [-0.25, -0.2) is 4.98 Å². The lowest BCUT2D eigenvalue weighted by Crippen LogP contribution is -2.41. The van der Waals surface area contributed by atoms with Gasteiger partial charge in [0.05, 0.1) is 12.2 Å². The molecule has 1 aromatic heterocycles. The van der Waals surface area contributed by atoms with Gasteiger partial charge in [0.1, 0.15) is 5.82 Å². The van der Waals surface area contributed by atoms with E-state index in [1.54, 1.807) is 6.20 Å². The summed E-state index contributed by atoms with van der Waals surface area (Å²) in [6.45, 7) is 11.9. The van der Waals surface area contributed by atoms with Crippen molar-refractivity contribution in [2.75, 3.05) is 6.61 Å². The lowest BCUT2D eigenvalue weighted by atomic mass is 9.84. The SMILES string of the molecule is CCCn1ccnc1CC(O)C(OCC)C(C)(C)C. The Kier molecular flexibility index (Phi) is 6.01. The van der Waals surface area contributed by atoms with Gasteiger partial charge in [-0.15, -0.1) is 0 Å². The normalized spacial score (nSPS) is 15.5. The van der Waals surface area contributed by atoms with Crippen molar-refractivity contribution < 1.29 is 9.84 Å². The third-order valence-corrected chi connectivity index (χ3v) is 3.21. The van der Waals surface area contributed by atoms with Crippen molar-refractivity contribution in [3.63, 3.8) is 0 Å². The lowest BCUT2D eigenvalue weighted by molar-refractivity contribution is -0.0881. The summed E-state index contributed by atoms with van der Waals surface area (Å²) in [5.41, 5.74) is -0.0857. The third kappa shape index (κ3) is 4.62. The van der Waals surface area contributed by atoms with Crippen molar-refractivity contribution in [3.05, 3.63) is 18.2 Å². The summed E-state index contributed by atoms with van der Waals surface area (Å²) in [4.78, 5) is 4.35. The number of aryl methyl sites for hydroxylation is 1. The summed E-state index contributed by atoms with van der Waals surface area (Å²) in [6.07, 6.45) is 4.66. The van der Waals surface area contributed by atoms with Crippen LogP contribution in [0.3, 0.4) is 0 Å². The lowest BCUT2D eigenvalue weighted by Gasteiger charge is -2.34. The fraction of sp³-hybridized carbons (Fsp3) is 0.800. The Balaban J connectivity index is 2.75. The predicted octanol–water partition coefficient (Wildman–Crippen LogP) is 2.65. The molecule has 0 aliphatic heterocycles. The van der Waals surface area contributed by atoms with E-state index in [2.05, 4.69) is 37.2 Å². The van der Waals surface area contributed by atoms with Crippen LogP contribution in [0.1, 0.15) is 46.9 Å². The molecule has 0 saturated carbocycles. The summed E-state index contributed by atoms with van der Waals surface area (Å²) in [5, 5.41) is 10.5. The van der Waals surface area contributed by atoms with Crippen LogP contribution in [0.15, 0.2) is 12.4 Å². The molecule has 0 fully saturated rings. The van der Waals surface area contributed by atoms with E-state index in [0.29, 0.717) is 13.0 Å². The first-order valence-electron chi connectivity index (χ1n) is 7.19. The van der Waals surface area contributed by atoms with Crippen LogP contribution < -0.4 is 0 Å². The Hall–Kier alpha value is -0.870. The largest absolute Gasteiger partial charge is 0.390 e. The molecule has 2 atom stereocenters. The van der Waals surface area contributed by atoms with Crippen molar-refractivity contribution in [3.8, 4) is 0 Å². The highest BCUT2D eigenvalue weighted by Gasteiger charge is 2.32. The number of aliphatic hydroxyl groups excluding tert-OH is 1. The van der Waals surface area contributed by atoms with Gasteiger partial charge >= 0.3 is 0 Å². The summed E-state index contributed by atoms with van der Waals surface area (Å²) < 4.78 is 7.84. The van der Waals surface area contributed by atoms with Crippen LogP contribution in [0.5, 0.6) is 0 Å². The summed E-state index contributed by atoms with van der Waals surface area (Å²) in [6, 6.07) is 0. The first kappa shape index (κ1) is 16.2. The molecule has 0 aromatic carbocycles. The molecule has 4 nitrogen and oxygen atoms in total. The number of rotatable bonds is 7.